The van der Waals surface area contributed by atoms with E-state index in [0.29, 0.717) is 4.47 Å². The zero-order chi connectivity index (χ0) is 25.1. The molecule has 0 spiro atoms. The average Bonchev–Trinajstić information content (AvgIpc) is 3.15. The maximum Gasteiger partial charge on any atom is 0.407 e. The summed E-state index contributed by atoms with van der Waals surface area (Å²) in [6.07, 6.45) is -0.713. The quantitative estimate of drug-likeness (QED) is 0.362. The van der Waals surface area contributed by atoms with Crippen LogP contribution in [0.1, 0.15) is 41.3 Å². The van der Waals surface area contributed by atoms with Crippen molar-refractivity contribution in [1.29, 1.82) is 0 Å². The second-order valence-corrected chi connectivity index (χ2v) is 9.59. The minimum absolute atomic E-state index is 0.0589. The molecule has 1 aliphatic rings. The molecule has 3 N–H and O–H groups in total. The second-order valence-electron chi connectivity index (χ2n) is 8.68. The number of amides is 2. The zero-order valence-corrected chi connectivity index (χ0v) is 20.8. The number of ether oxygens (including phenoxy) is 1. The lowest BCUT2D eigenvalue weighted by molar-refractivity contribution is -0.119. The summed E-state index contributed by atoms with van der Waals surface area (Å²) in [5.74, 6) is -2.06. The molecule has 0 saturated heterocycles. The molecule has 180 valence electrons. The van der Waals surface area contributed by atoms with Gasteiger partial charge in [-0.05, 0) is 46.4 Å². The largest absolute Gasteiger partial charge is 0.478 e. The molecule has 35 heavy (non-hydrogen) atoms. The Bertz CT molecular complexity index is 1240. The Labute approximate surface area is 211 Å². The number of carboxylic acids is 1. The van der Waals surface area contributed by atoms with Crippen LogP contribution in [0.4, 0.5) is 10.5 Å². The van der Waals surface area contributed by atoms with E-state index in [9.17, 15) is 19.5 Å². The van der Waals surface area contributed by atoms with Crippen molar-refractivity contribution in [2.24, 2.45) is 5.92 Å². The number of carboxylic acid groups (broad SMARTS) is 1. The van der Waals surface area contributed by atoms with E-state index >= 15 is 0 Å². The van der Waals surface area contributed by atoms with Gasteiger partial charge in [0, 0.05) is 10.4 Å². The van der Waals surface area contributed by atoms with Crippen LogP contribution in [0, 0.1) is 5.92 Å². The van der Waals surface area contributed by atoms with Crippen LogP contribution in [0.3, 0.4) is 0 Å². The molecule has 3 aromatic rings. The van der Waals surface area contributed by atoms with Crippen LogP contribution < -0.4 is 10.6 Å². The fourth-order valence-electron chi connectivity index (χ4n) is 4.31. The topological polar surface area (TPSA) is 105 Å². The van der Waals surface area contributed by atoms with Gasteiger partial charge in [-0.1, -0.05) is 78.3 Å². The van der Waals surface area contributed by atoms with Crippen LogP contribution in [-0.4, -0.2) is 35.7 Å². The van der Waals surface area contributed by atoms with Crippen LogP contribution in [0.15, 0.2) is 71.2 Å². The Morgan fingerprint density at radius 1 is 0.971 bits per heavy atom. The molecule has 8 heteroatoms. The fourth-order valence-corrected chi connectivity index (χ4v) is 4.68. The zero-order valence-electron chi connectivity index (χ0n) is 19.2. The summed E-state index contributed by atoms with van der Waals surface area (Å²) in [6, 6.07) is 19.7. The van der Waals surface area contributed by atoms with Gasteiger partial charge >= 0.3 is 12.1 Å². The first-order valence-electron chi connectivity index (χ1n) is 11.2. The number of aromatic carboxylic acids is 1. The number of carbonyl (C=O) groups is 3. The van der Waals surface area contributed by atoms with Crippen molar-refractivity contribution in [3.63, 3.8) is 0 Å². The van der Waals surface area contributed by atoms with E-state index < -0.39 is 24.0 Å². The summed E-state index contributed by atoms with van der Waals surface area (Å²) in [7, 11) is 0. The van der Waals surface area contributed by atoms with E-state index in [4.69, 9.17) is 4.74 Å². The Morgan fingerprint density at radius 3 is 2.14 bits per heavy atom. The van der Waals surface area contributed by atoms with Crippen molar-refractivity contribution in [3.05, 3.63) is 87.9 Å². The van der Waals surface area contributed by atoms with Crippen LogP contribution >= 0.6 is 15.9 Å². The Kier molecular flexibility index (Phi) is 7.21. The van der Waals surface area contributed by atoms with Crippen LogP contribution in [-0.2, 0) is 9.53 Å². The third-order valence-electron chi connectivity index (χ3n) is 6.04. The van der Waals surface area contributed by atoms with Gasteiger partial charge in [0.15, 0.2) is 0 Å². The molecule has 0 heterocycles. The molecule has 4 rings (SSSR count). The second kappa shape index (κ2) is 10.3. The van der Waals surface area contributed by atoms with Crippen molar-refractivity contribution in [1.82, 2.24) is 5.32 Å². The molecule has 1 atom stereocenters. The number of halogens is 1. The number of rotatable bonds is 7. The van der Waals surface area contributed by atoms with E-state index in [2.05, 4.69) is 38.7 Å². The number of carbonyl (C=O) groups excluding carboxylic acids is 2. The summed E-state index contributed by atoms with van der Waals surface area (Å²) in [4.78, 5) is 37.2. The number of hydrogen-bond acceptors (Lipinski definition) is 4. The molecule has 7 nitrogen and oxygen atoms in total. The lowest BCUT2D eigenvalue weighted by Gasteiger charge is -2.22. The Morgan fingerprint density at radius 2 is 1.57 bits per heavy atom. The van der Waals surface area contributed by atoms with Crippen molar-refractivity contribution in [2.75, 3.05) is 11.9 Å². The number of fused-ring (bicyclic) bond motifs is 3. The molecule has 1 unspecified atom stereocenters. The Hall–Kier alpha value is -3.65. The van der Waals surface area contributed by atoms with Gasteiger partial charge in [-0.15, -0.1) is 0 Å². The first-order valence-corrected chi connectivity index (χ1v) is 12.0. The summed E-state index contributed by atoms with van der Waals surface area (Å²) < 4.78 is 6.14. The fraction of sp³-hybridized carbons (Fsp3) is 0.222. The van der Waals surface area contributed by atoms with Gasteiger partial charge in [-0.3, -0.25) is 4.79 Å². The molecule has 3 aromatic carbocycles. The van der Waals surface area contributed by atoms with Crippen LogP contribution in [0.25, 0.3) is 11.1 Å². The molecule has 2 amide bonds. The van der Waals surface area contributed by atoms with Gasteiger partial charge < -0.3 is 20.5 Å². The third-order valence-corrected chi connectivity index (χ3v) is 6.53. The van der Waals surface area contributed by atoms with Crippen molar-refractivity contribution in [2.45, 2.75) is 25.8 Å². The van der Waals surface area contributed by atoms with Crippen LogP contribution in [0.2, 0.25) is 0 Å². The smallest absolute Gasteiger partial charge is 0.407 e. The summed E-state index contributed by atoms with van der Waals surface area (Å²) >= 11 is 3.23. The lowest BCUT2D eigenvalue weighted by Crippen LogP contribution is -2.47. The molecule has 0 bridgehead atoms. The highest BCUT2D eigenvalue weighted by Gasteiger charge is 2.30. The highest BCUT2D eigenvalue weighted by atomic mass is 79.9. The van der Waals surface area contributed by atoms with Crippen molar-refractivity contribution >= 4 is 39.6 Å². The maximum atomic E-state index is 13.0. The maximum absolute atomic E-state index is 13.0. The third kappa shape index (κ3) is 5.22. The normalized spacial score (nSPS) is 13.0. The summed E-state index contributed by atoms with van der Waals surface area (Å²) in [5.41, 5.74) is 4.52. The first kappa shape index (κ1) is 24.5. The minimum atomic E-state index is -1.17. The van der Waals surface area contributed by atoms with E-state index in [-0.39, 0.29) is 29.7 Å². The number of hydrogen-bond donors (Lipinski definition) is 3. The summed E-state index contributed by atoms with van der Waals surface area (Å²) in [5, 5.41) is 14.7. The van der Waals surface area contributed by atoms with Gasteiger partial charge in [0.2, 0.25) is 5.91 Å². The minimum Gasteiger partial charge on any atom is -0.478 e. The standard InChI is InChI=1S/C27H25BrN2O5/c1-15(2)24(25(31)29-23-12-11-16(28)13-21(23)26(32)33)30-27(34)35-14-22-19-9-5-3-7-17(19)18-8-4-6-10-20(18)22/h3-13,15,22,24H,14H2,1-2H3,(H,29,31)(H,30,34)(H,32,33). The van der Waals surface area contributed by atoms with E-state index in [0.717, 1.165) is 22.3 Å². The lowest BCUT2D eigenvalue weighted by atomic mass is 9.98. The van der Waals surface area contributed by atoms with Crippen LogP contribution in [0.5, 0.6) is 0 Å². The molecular formula is C27H25BrN2O5. The van der Waals surface area contributed by atoms with Crippen molar-refractivity contribution in [3.8, 4) is 11.1 Å². The summed E-state index contributed by atoms with van der Waals surface area (Å²) in [6.45, 7) is 3.70. The average molecular weight is 537 g/mol. The molecule has 0 fully saturated rings. The number of anilines is 1. The first-order chi connectivity index (χ1) is 16.8. The predicted molar refractivity (Wildman–Crippen MR) is 137 cm³/mol. The molecule has 0 radical (unpaired) electrons. The predicted octanol–water partition coefficient (Wildman–Crippen LogP) is 5.65. The van der Waals surface area contributed by atoms with Gasteiger partial charge in [0.25, 0.3) is 0 Å². The number of alkyl carbamates (subject to hydrolysis) is 1. The van der Waals surface area contributed by atoms with E-state index in [1.165, 1.54) is 12.1 Å². The van der Waals surface area contributed by atoms with Gasteiger partial charge in [-0.25, -0.2) is 9.59 Å². The molecule has 0 aliphatic heterocycles. The Balaban J connectivity index is 1.44. The molecule has 1 aliphatic carbocycles. The molecule has 0 aromatic heterocycles. The van der Waals surface area contributed by atoms with E-state index in [1.54, 1.807) is 19.9 Å². The number of benzene rings is 3. The molecule has 0 saturated carbocycles. The highest BCUT2D eigenvalue weighted by molar-refractivity contribution is 9.10. The SMILES string of the molecule is CC(C)C(NC(=O)OCC1c2ccccc2-c2ccccc21)C(=O)Nc1ccc(Br)cc1C(=O)O. The highest BCUT2D eigenvalue weighted by Crippen LogP contribution is 2.44. The number of nitrogens with one attached hydrogen (secondary N) is 2. The van der Waals surface area contributed by atoms with Gasteiger partial charge in [0.05, 0.1) is 11.3 Å². The van der Waals surface area contributed by atoms with Gasteiger partial charge in [0.1, 0.15) is 12.6 Å². The van der Waals surface area contributed by atoms with Gasteiger partial charge in [-0.2, -0.15) is 0 Å². The monoisotopic (exact) mass is 536 g/mol. The molecular weight excluding hydrogens is 512 g/mol. The van der Waals surface area contributed by atoms with E-state index in [1.807, 2.05) is 36.4 Å². The van der Waals surface area contributed by atoms with Crippen molar-refractivity contribution < 1.29 is 24.2 Å².